The number of ether oxygens (including phenoxy) is 1. The van der Waals surface area contributed by atoms with E-state index in [1.807, 2.05) is 7.11 Å². The first kappa shape index (κ1) is 16.9. The summed E-state index contributed by atoms with van der Waals surface area (Å²) >= 11 is 0. The zero-order chi connectivity index (χ0) is 13.1. The first-order chi connectivity index (χ1) is 8.05. The second-order valence-corrected chi connectivity index (χ2v) is 5.63. The lowest BCUT2D eigenvalue weighted by atomic mass is 9.94. The van der Waals surface area contributed by atoms with Crippen molar-refractivity contribution in [3.8, 4) is 0 Å². The molecular weight excluding hydrogens is 210 g/mol. The Morgan fingerprint density at radius 2 is 1.71 bits per heavy atom. The van der Waals surface area contributed by atoms with Crippen molar-refractivity contribution in [2.75, 3.05) is 13.7 Å². The van der Waals surface area contributed by atoms with Crippen molar-refractivity contribution in [3.05, 3.63) is 0 Å². The van der Waals surface area contributed by atoms with Gasteiger partial charge in [0.1, 0.15) is 0 Å². The molecule has 0 heterocycles. The first-order valence-corrected chi connectivity index (χ1v) is 7.34. The quantitative estimate of drug-likeness (QED) is 0.551. The molecule has 0 fully saturated rings. The van der Waals surface area contributed by atoms with Crippen LogP contribution in [0, 0.1) is 0 Å². The van der Waals surface area contributed by atoms with Crippen molar-refractivity contribution in [1.29, 1.82) is 0 Å². The minimum atomic E-state index is -0.00372. The monoisotopic (exact) mass is 243 g/mol. The fourth-order valence-electron chi connectivity index (χ4n) is 2.24. The van der Waals surface area contributed by atoms with Gasteiger partial charge < -0.3 is 10.1 Å². The van der Waals surface area contributed by atoms with Crippen LogP contribution in [0.1, 0.15) is 72.6 Å². The summed E-state index contributed by atoms with van der Waals surface area (Å²) in [6.45, 7) is 9.86. The van der Waals surface area contributed by atoms with E-state index in [2.05, 4.69) is 33.0 Å². The molecule has 1 atom stereocenters. The predicted molar refractivity (Wildman–Crippen MR) is 76.5 cm³/mol. The number of hydrogen-bond donors (Lipinski definition) is 1. The summed E-state index contributed by atoms with van der Waals surface area (Å²) in [7, 11) is 1.81. The summed E-state index contributed by atoms with van der Waals surface area (Å²) in [5.41, 5.74) is -0.00372. The van der Waals surface area contributed by atoms with Gasteiger partial charge in [-0.15, -0.1) is 0 Å². The highest BCUT2D eigenvalue weighted by molar-refractivity contribution is 4.78. The Labute approximate surface area is 109 Å². The van der Waals surface area contributed by atoms with E-state index in [1.54, 1.807) is 0 Å². The molecule has 0 aliphatic heterocycles. The molecular formula is C15H33NO. The van der Waals surface area contributed by atoms with Gasteiger partial charge in [-0.05, 0) is 33.2 Å². The van der Waals surface area contributed by atoms with Gasteiger partial charge in [-0.2, -0.15) is 0 Å². The Hall–Kier alpha value is -0.0800. The van der Waals surface area contributed by atoms with Crippen LogP contribution < -0.4 is 5.32 Å². The van der Waals surface area contributed by atoms with E-state index < -0.39 is 0 Å². The summed E-state index contributed by atoms with van der Waals surface area (Å²) in [5, 5.41) is 3.58. The van der Waals surface area contributed by atoms with Crippen LogP contribution in [0.3, 0.4) is 0 Å². The van der Waals surface area contributed by atoms with E-state index in [0.29, 0.717) is 6.04 Å². The molecule has 0 spiro atoms. The average molecular weight is 243 g/mol. The summed E-state index contributed by atoms with van der Waals surface area (Å²) in [6, 6.07) is 0.608. The van der Waals surface area contributed by atoms with Gasteiger partial charge in [0.25, 0.3) is 0 Å². The third kappa shape index (κ3) is 9.61. The number of unbranched alkanes of at least 4 members (excludes halogenated alkanes) is 4. The van der Waals surface area contributed by atoms with Crippen LogP contribution in [0.5, 0.6) is 0 Å². The van der Waals surface area contributed by atoms with Crippen molar-refractivity contribution in [1.82, 2.24) is 5.32 Å². The van der Waals surface area contributed by atoms with Crippen LogP contribution in [0.25, 0.3) is 0 Å². The van der Waals surface area contributed by atoms with Crippen LogP contribution in [-0.4, -0.2) is 25.3 Å². The van der Waals surface area contributed by atoms with Crippen molar-refractivity contribution in [2.24, 2.45) is 0 Å². The second kappa shape index (κ2) is 9.90. The summed E-state index contributed by atoms with van der Waals surface area (Å²) in [5.74, 6) is 0. The highest BCUT2D eigenvalue weighted by Crippen LogP contribution is 2.19. The molecule has 0 rings (SSSR count). The van der Waals surface area contributed by atoms with Crippen LogP contribution in [0.15, 0.2) is 0 Å². The summed E-state index contributed by atoms with van der Waals surface area (Å²) < 4.78 is 5.52. The van der Waals surface area contributed by atoms with Crippen LogP contribution >= 0.6 is 0 Å². The number of nitrogens with one attached hydrogen (secondary N) is 1. The fourth-order valence-corrected chi connectivity index (χ4v) is 2.24. The summed E-state index contributed by atoms with van der Waals surface area (Å²) in [6.07, 6.45) is 9.21. The molecule has 1 N–H and O–H groups in total. The molecule has 0 radical (unpaired) electrons. The van der Waals surface area contributed by atoms with Gasteiger partial charge in [-0.1, -0.05) is 46.0 Å². The molecule has 0 bridgehead atoms. The lowest BCUT2D eigenvalue weighted by molar-refractivity contribution is 0.00633. The molecule has 104 valence electrons. The van der Waals surface area contributed by atoms with Crippen LogP contribution in [0.4, 0.5) is 0 Å². The third-order valence-electron chi connectivity index (χ3n) is 3.44. The van der Waals surface area contributed by atoms with Crippen LogP contribution in [-0.2, 0) is 4.74 Å². The molecule has 0 aromatic rings. The maximum Gasteiger partial charge on any atom is 0.0637 e. The van der Waals surface area contributed by atoms with E-state index in [9.17, 15) is 0 Å². The topological polar surface area (TPSA) is 21.3 Å². The third-order valence-corrected chi connectivity index (χ3v) is 3.44. The van der Waals surface area contributed by atoms with Gasteiger partial charge in [-0.25, -0.2) is 0 Å². The number of hydrogen-bond acceptors (Lipinski definition) is 2. The van der Waals surface area contributed by atoms with E-state index in [-0.39, 0.29) is 5.60 Å². The van der Waals surface area contributed by atoms with Crippen molar-refractivity contribution in [3.63, 3.8) is 0 Å². The Morgan fingerprint density at radius 3 is 2.24 bits per heavy atom. The molecule has 0 saturated heterocycles. The first-order valence-electron chi connectivity index (χ1n) is 7.34. The molecule has 0 aliphatic rings. The van der Waals surface area contributed by atoms with Crippen LogP contribution in [0.2, 0.25) is 0 Å². The van der Waals surface area contributed by atoms with Crippen molar-refractivity contribution >= 4 is 0 Å². The molecule has 2 heteroatoms. The van der Waals surface area contributed by atoms with Gasteiger partial charge in [0.05, 0.1) is 5.60 Å². The fraction of sp³-hybridized carbons (Fsp3) is 1.00. The van der Waals surface area contributed by atoms with Gasteiger partial charge in [0.15, 0.2) is 0 Å². The Kier molecular flexibility index (Phi) is 9.85. The molecule has 17 heavy (non-hydrogen) atoms. The lowest BCUT2D eigenvalue weighted by Gasteiger charge is -2.29. The van der Waals surface area contributed by atoms with Gasteiger partial charge in [0, 0.05) is 13.2 Å². The molecule has 0 aromatic heterocycles. The van der Waals surface area contributed by atoms with E-state index in [1.165, 1.54) is 38.5 Å². The smallest absolute Gasteiger partial charge is 0.0637 e. The van der Waals surface area contributed by atoms with E-state index in [0.717, 1.165) is 13.0 Å². The maximum atomic E-state index is 5.52. The van der Waals surface area contributed by atoms with E-state index in [4.69, 9.17) is 4.74 Å². The minimum absolute atomic E-state index is 0.00372. The average Bonchev–Trinajstić information content (AvgIpc) is 2.28. The van der Waals surface area contributed by atoms with Crippen molar-refractivity contribution in [2.45, 2.75) is 84.3 Å². The van der Waals surface area contributed by atoms with Gasteiger partial charge >= 0.3 is 0 Å². The highest BCUT2D eigenvalue weighted by Gasteiger charge is 2.21. The number of methoxy groups -OCH3 is 1. The molecule has 2 nitrogen and oxygen atoms in total. The predicted octanol–water partition coefficient (Wildman–Crippen LogP) is 4.14. The molecule has 0 aromatic carbocycles. The minimum Gasteiger partial charge on any atom is -0.379 e. The zero-order valence-corrected chi connectivity index (χ0v) is 12.6. The molecule has 0 amide bonds. The Morgan fingerprint density at radius 1 is 1.06 bits per heavy atom. The van der Waals surface area contributed by atoms with Crippen molar-refractivity contribution < 1.29 is 4.74 Å². The lowest BCUT2D eigenvalue weighted by Crippen LogP contribution is -2.37. The highest BCUT2D eigenvalue weighted by atomic mass is 16.5. The normalized spacial score (nSPS) is 13.9. The molecule has 0 saturated carbocycles. The van der Waals surface area contributed by atoms with Gasteiger partial charge in [-0.3, -0.25) is 0 Å². The SMILES string of the molecule is CCCCCCCC(CC(C)(C)OC)NCC. The van der Waals surface area contributed by atoms with Gasteiger partial charge in [0.2, 0.25) is 0 Å². The largest absolute Gasteiger partial charge is 0.379 e. The Balaban J connectivity index is 3.82. The second-order valence-electron chi connectivity index (χ2n) is 5.63. The standard InChI is InChI=1S/C15H33NO/c1-6-8-9-10-11-12-14(16-7-2)13-15(3,4)17-5/h14,16H,6-13H2,1-5H3. The maximum absolute atomic E-state index is 5.52. The molecule has 0 aliphatic carbocycles. The van der Waals surface area contributed by atoms with E-state index >= 15 is 0 Å². The summed E-state index contributed by atoms with van der Waals surface area (Å²) in [4.78, 5) is 0. The zero-order valence-electron chi connectivity index (χ0n) is 12.6. The number of rotatable bonds is 11. The molecule has 1 unspecified atom stereocenters. The Bertz CT molecular complexity index is 168.